The van der Waals surface area contributed by atoms with Gasteiger partial charge in [0, 0.05) is 35.6 Å². The standard InChI is InChI=1S/C24H20ClN3O4/c25-21-15-19(28(31)32)12-13-20(21)23(29)26-18-10-8-17(9-11-18)24(30)27-14-4-3-6-16-5-1-2-7-22(16)27/h1-2,5,7-13,15H,3-4,6,14H2,(H,26,29). The van der Waals surface area contributed by atoms with E-state index in [9.17, 15) is 19.7 Å². The van der Waals surface area contributed by atoms with Crippen LogP contribution in [0.25, 0.3) is 0 Å². The fourth-order valence-electron chi connectivity index (χ4n) is 3.75. The lowest BCUT2D eigenvalue weighted by Gasteiger charge is -2.23. The average molecular weight is 450 g/mol. The summed E-state index contributed by atoms with van der Waals surface area (Å²) in [6, 6.07) is 18.3. The highest BCUT2D eigenvalue weighted by molar-refractivity contribution is 6.34. The number of halogens is 1. The first-order valence-corrected chi connectivity index (χ1v) is 10.6. The Bertz CT molecular complexity index is 1190. The van der Waals surface area contributed by atoms with Gasteiger partial charge in [-0.15, -0.1) is 0 Å². The van der Waals surface area contributed by atoms with Crippen LogP contribution in [0.1, 0.15) is 39.1 Å². The minimum Gasteiger partial charge on any atom is -0.322 e. The molecule has 7 nitrogen and oxygen atoms in total. The zero-order chi connectivity index (χ0) is 22.7. The second-order valence-corrected chi connectivity index (χ2v) is 7.90. The van der Waals surface area contributed by atoms with Gasteiger partial charge in [0.15, 0.2) is 0 Å². The van der Waals surface area contributed by atoms with Gasteiger partial charge in [0.05, 0.1) is 15.5 Å². The number of non-ortho nitro benzene ring substituents is 1. The monoisotopic (exact) mass is 449 g/mol. The molecule has 0 saturated carbocycles. The maximum atomic E-state index is 13.2. The molecule has 0 radical (unpaired) electrons. The minimum atomic E-state index is -0.577. The second-order valence-electron chi connectivity index (χ2n) is 7.50. The van der Waals surface area contributed by atoms with E-state index in [2.05, 4.69) is 11.4 Å². The van der Waals surface area contributed by atoms with Crippen molar-refractivity contribution in [1.29, 1.82) is 0 Å². The van der Waals surface area contributed by atoms with E-state index < -0.39 is 10.8 Å². The maximum Gasteiger partial charge on any atom is 0.270 e. The number of fused-ring (bicyclic) bond motifs is 1. The first-order chi connectivity index (χ1) is 15.4. The van der Waals surface area contributed by atoms with Gasteiger partial charge in [-0.1, -0.05) is 29.8 Å². The third-order valence-electron chi connectivity index (χ3n) is 5.40. The summed E-state index contributed by atoms with van der Waals surface area (Å²) in [6.45, 7) is 0.660. The van der Waals surface area contributed by atoms with E-state index in [4.69, 9.17) is 11.6 Å². The third-order valence-corrected chi connectivity index (χ3v) is 5.72. The van der Waals surface area contributed by atoms with Crippen LogP contribution in [0.15, 0.2) is 66.7 Å². The Labute approximate surface area is 189 Å². The number of amides is 2. The van der Waals surface area contributed by atoms with Crippen LogP contribution in [0, 0.1) is 10.1 Å². The van der Waals surface area contributed by atoms with Crippen LogP contribution in [0.5, 0.6) is 0 Å². The molecule has 162 valence electrons. The van der Waals surface area contributed by atoms with Crippen LogP contribution >= 0.6 is 11.6 Å². The van der Waals surface area contributed by atoms with Gasteiger partial charge >= 0.3 is 0 Å². The van der Waals surface area contributed by atoms with Gasteiger partial charge in [0.1, 0.15) is 0 Å². The van der Waals surface area contributed by atoms with E-state index in [1.165, 1.54) is 17.7 Å². The molecule has 3 aromatic rings. The molecular weight excluding hydrogens is 430 g/mol. The van der Waals surface area contributed by atoms with Crippen molar-refractivity contribution in [3.05, 3.63) is 98.6 Å². The van der Waals surface area contributed by atoms with E-state index in [-0.39, 0.29) is 22.2 Å². The number of nitrogens with zero attached hydrogens (tertiary/aromatic N) is 2. The number of benzene rings is 3. The van der Waals surface area contributed by atoms with E-state index in [1.807, 2.05) is 23.1 Å². The summed E-state index contributed by atoms with van der Waals surface area (Å²) in [7, 11) is 0. The zero-order valence-corrected chi connectivity index (χ0v) is 17.8. The molecule has 1 heterocycles. The number of carbonyl (C=O) groups excluding carboxylic acids is 2. The number of rotatable bonds is 4. The van der Waals surface area contributed by atoms with Crippen molar-refractivity contribution in [2.24, 2.45) is 0 Å². The van der Waals surface area contributed by atoms with Crippen molar-refractivity contribution in [2.75, 3.05) is 16.8 Å². The van der Waals surface area contributed by atoms with Crippen molar-refractivity contribution in [2.45, 2.75) is 19.3 Å². The van der Waals surface area contributed by atoms with Gasteiger partial charge in [-0.3, -0.25) is 19.7 Å². The number of anilines is 2. The Kier molecular flexibility index (Phi) is 6.18. The predicted octanol–water partition coefficient (Wildman–Crippen LogP) is 5.48. The molecule has 0 saturated heterocycles. The summed E-state index contributed by atoms with van der Waals surface area (Å²) >= 11 is 6.03. The number of nitro groups is 1. The summed E-state index contributed by atoms with van der Waals surface area (Å²) in [5, 5.41) is 13.5. The number of para-hydroxylation sites is 1. The highest BCUT2D eigenvalue weighted by atomic mass is 35.5. The number of nitro benzene ring substituents is 1. The Morgan fingerprint density at radius 1 is 1.00 bits per heavy atom. The van der Waals surface area contributed by atoms with Gasteiger partial charge in [-0.2, -0.15) is 0 Å². The molecule has 0 atom stereocenters. The third kappa shape index (κ3) is 4.48. The smallest absolute Gasteiger partial charge is 0.270 e. The Balaban J connectivity index is 1.49. The molecule has 1 N–H and O–H groups in total. The molecule has 0 unspecified atom stereocenters. The van der Waals surface area contributed by atoms with E-state index in [0.717, 1.165) is 31.0 Å². The minimum absolute atomic E-state index is 0.0108. The lowest BCUT2D eigenvalue weighted by molar-refractivity contribution is -0.384. The van der Waals surface area contributed by atoms with E-state index >= 15 is 0 Å². The van der Waals surface area contributed by atoms with Crippen molar-refractivity contribution >= 4 is 40.5 Å². The average Bonchev–Trinajstić information content (AvgIpc) is 3.01. The Morgan fingerprint density at radius 2 is 1.75 bits per heavy atom. The normalized spacial score (nSPS) is 13.1. The van der Waals surface area contributed by atoms with Crippen molar-refractivity contribution in [3.8, 4) is 0 Å². The van der Waals surface area contributed by atoms with Crippen molar-refractivity contribution in [3.63, 3.8) is 0 Å². The van der Waals surface area contributed by atoms with Crippen LogP contribution in [0.3, 0.4) is 0 Å². The SMILES string of the molecule is O=C(Nc1ccc(C(=O)N2CCCCc3ccccc32)cc1)c1ccc([N+](=O)[O-])cc1Cl. The number of hydrogen-bond donors (Lipinski definition) is 1. The highest BCUT2D eigenvalue weighted by Crippen LogP contribution is 2.28. The van der Waals surface area contributed by atoms with Crippen LogP contribution in [0.4, 0.5) is 17.1 Å². The molecule has 0 aliphatic carbocycles. The fraction of sp³-hybridized carbons (Fsp3) is 0.167. The second kappa shape index (κ2) is 9.20. The Morgan fingerprint density at radius 3 is 2.47 bits per heavy atom. The topological polar surface area (TPSA) is 92.6 Å². The lowest BCUT2D eigenvalue weighted by Crippen LogP contribution is -2.31. The van der Waals surface area contributed by atoms with E-state index in [0.29, 0.717) is 17.8 Å². The number of carbonyl (C=O) groups is 2. The molecule has 4 rings (SSSR count). The first-order valence-electron chi connectivity index (χ1n) is 10.2. The van der Waals surface area contributed by atoms with E-state index in [1.54, 1.807) is 24.3 Å². The van der Waals surface area contributed by atoms with Gasteiger partial charge in [0.2, 0.25) is 0 Å². The molecule has 32 heavy (non-hydrogen) atoms. The maximum absolute atomic E-state index is 13.2. The van der Waals surface area contributed by atoms with Gasteiger partial charge in [-0.25, -0.2) is 0 Å². The number of nitrogens with one attached hydrogen (secondary N) is 1. The summed E-state index contributed by atoms with van der Waals surface area (Å²) in [6.07, 6.45) is 2.93. The van der Waals surface area contributed by atoms with Crippen LogP contribution in [-0.4, -0.2) is 23.3 Å². The largest absolute Gasteiger partial charge is 0.322 e. The van der Waals surface area contributed by atoms with Gasteiger partial charge in [-0.05, 0) is 61.2 Å². The van der Waals surface area contributed by atoms with Crippen molar-refractivity contribution in [1.82, 2.24) is 0 Å². The molecule has 1 aliphatic heterocycles. The molecule has 8 heteroatoms. The fourth-order valence-corrected chi connectivity index (χ4v) is 4.02. The molecular formula is C24H20ClN3O4. The van der Waals surface area contributed by atoms with Crippen LogP contribution in [-0.2, 0) is 6.42 Å². The Hall–Kier alpha value is -3.71. The summed E-state index contributed by atoms with van der Waals surface area (Å²) < 4.78 is 0. The first kappa shape index (κ1) is 21.5. The molecule has 0 spiro atoms. The van der Waals surface area contributed by atoms with Crippen molar-refractivity contribution < 1.29 is 14.5 Å². The number of aryl methyl sites for hydroxylation is 1. The van der Waals surface area contributed by atoms with Gasteiger partial charge < -0.3 is 10.2 Å². The summed E-state index contributed by atoms with van der Waals surface area (Å²) in [5.41, 5.74) is 3.05. The summed E-state index contributed by atoms with van der Waals surface area (Å²) in [5.74, 6) is -0.582. The zero-order valence-electron chi connectivity index (χ0n) is 17.1. The van der Waals surface area contributed by atoms with Crippen LogP contribution < -0.4 is 10.2 Å². The molecule has 3 aromatic carbocycles. The van der Waals surface area contributed by atoms with Crippen LogP contribution in [0.2, 0.25) is 5.02 Å². The molecule has 0 bridgehead atoms. The lowest BCUT2D eigenvalue weighted by atomic mass is 10.1. The number of hydrogen-bond acceptors (Lipinski definition) is 4. The quantitative estimate of drug-likeness (QED) is 0.421. The molecule has 2 amide bonds. The predicted molar refractivity (Wildman–Crippen MR) is 124 cm³/mol. The highest BCUT2D eigenvalue weighted by Gasteiger charge is 2.22. The molecule has 0 aromatic heterocycles. The molecule has 0 fully saturated rings. The summed E-state index contributed by atoms with van der Waals surface area (Å²) in [4.78, 5) is 37.7. The molecule has 1 aliphatic rings. The van der Waals surface area contributed by atoms with Gasteiger partial charge in [0.25, 0.3) is 17.5 Å².